The quantitative estimate of drug-likeness (QED) is 0.486. The van der Waals surface area contributed by atoms with E-state index in [9.17, 15) is 14.9 Å². The summed E-state index contributed by atoms with van der Waals surface area (Å²) in [5.41, 5.74) is 0.817. The summed E-state index contributed by atoms with van der Waals surface area (Å²) in [7, 11) is 0. The number of hydrogen-bond donors (Lipinski definition) is 1. The summed E-state index contributed by atoms with van der Waals surface area (Å²) >= 11 is 5.35. The van der Waals surface area contributed by atoms with E-state index >= 15 is 0 Å². The second-order valence-corrected chi connectivity index (χ2v) is 5.83. The molecule has 0 saturated carbocycles. The molecule has 0 atom stereocenters. The molecular weight excluding hydrogens is 338 g/mol. The highest BCUT2D eigenvalue weighted by molar-refractivity contribution is 7.80. The Balaban J connectivity index is 2.12. The van der Waals surface area contributed by atoms with Crippen LogP contribution in [0.5, 0.6) is 0 Å². The van der Waals surface area contributed by atoms with Crippen molar-refractivity contribution in [1.29, 1.82) is 0 Å². The SMILES string of the molecule is CCCN(Cc1ccccc1)C(=S)NC(=O)c1ccccc1[N+](=O)[O-]. The fourth-order valence-electron chi connectivity index (χ4n) is 2.39. The van der Waals surface area contributed by atoms with E-state index in [1.165, 1.54) is 18.2 Å². The second kappa shape index (κ2) is 8.89. The number of amides is 1. The van der Waals surface area contributed by atoms with Crippen LogP contribution in [0.3, 0.4) is 0 Å². The molecule has 2 aromatic carbocycles. The minimum absolute atomic E-state index is 0.00832. The van der Waals surface area contributed by atoms with Crippen molar-refractivity contribution in [2.24, 2.45) is 0 Å². The molecule has 0 aromatic heterocycles. The topological polar surface area (TPSA) is 75.5 Å². The Morgan fingerprint density at radius 1 is 1.16 bits per heavy atom. The van der Waals surface area contributed by atoms with Crippen molar-refractivity contribution in [3.8, 4) is 0 Å². The standard InChI is InChI=1S/C18H19N3O3S/c1-2-12-20(13-14-8-4-3-5-9-14)18(25)19-17(22)15-10-6-7-11-16(15)21(23)24/h3-11H,2,12-13H2,1H3,(H,19,22,25). The van der Waals surface area contributed by atoms with E-state index in [0.717, 1.165) is 12.0 Å². The van der Waals surface area contributed by atoms with Gasteiger partial charge in [0.2, 0.25) is 0 Å². The molecule has 0 heterocycles. The van der Waals surface area contributed by atoms with Gasteiger partial charge in [0.15, 0.2) is 5.11 Å². The van der Waals surface area contributed by atoms with Gasteiger partial charge in [0.05, 0.1) is 4.92 Å². The molecule has 0 radical (unpaired) electrons. The van der Waals surface area contributed by atoms with Gasteiger partial charge in [0.1, 0.15) is 5.56 Å². The van der Waals surface area contributed by atoms with Gasteiger partial charge in [-0.15, -0.1) is 0 Å². The first-order chi connectivity index (χ1) is 12.0. The van der Waals surface area contributed by atoms with Crippen LogP contribution in [0.4, 0.5) is 5.69 Å². The van der Waals surface area contributed by atoms with Crippen LogP contribution in [-0.2, 0) is 6.54 Å². The molecule has 2 aromatic rings. The number of carbonyl (C=O) groups excluding carboxylic acids is 1. The molecule has 0 fully saturated rings. The fourth-order valence-corrected chi connectivity index (χ4v) is 2.64. The van der Waals surface area contributed by atoms with E-state index < -0.39 is 10.8 Å². The van der Waals surface area contributed by atoms with E-state index in [4.69, 9.17) is 12.2 Å². The van der Waals surface area contributed by atoms with Crippen LogP contribution < -0.4 is 5.32 Å². The van der Waals surface area contributed by atoms with Gasteiger partial charge in [-0.25, -0.2) is 0 Å². The predicted octanol–water partition coefficient (Wildman–Crippen LogP) is 3.52. The van der Waals surface area contributed by atoms with Crippen molar-refractivity contribution in [1.82, 2.24) is 10.2 Å². The Morgan fingerprint density at radius 2 is 1.80 bits per heavy atom. The number of rotatable bonds is 6. The Hall–Kier alpha value is -2.80. The summed E-state index contributed by atoms with van der Waals surface area (Å²) in [4.78, 5) is 24.8. The zero-order chi connectivity index (χ0) is 18.2. The fraction of sp³-hybridized carbons (Fsp3) is 0.222. The van der Waals surface area contributed by atoms with Crippen LogP contribution in [0.15, 0.2) is 54.6 Å². The molecule has 0 bridgehead atoms. The zero-order valence-electron chi connectivity index (χ0n) is 13.8. The number of hydrogen-bond acceptors (Lipinski definition) is 4. The number of nitro groups is 1. The van der Waals surface area contributed by atoms with Gasteiger partial charge < -0.3 is 4.90 Å². The lowest BCUT2D eigenvalue weighted by Gasteiger charge is -2.25. The van der Waals surface area contributed by atoms with E-state index in [-0.39, 0.29) is 16.4 Å². The molecule has 7 heteroatoms. The number of thiocarbonyl (C=S) groups is 1. The van der Waals surface area contributed by atoms with Crippen molar-refractivity contribution >= 4 is 28.9 Å². The van der Waals surface area contributed by atoms with Crippen molar-refractivity contribution in [2.75, 3.05) is 6.54 Å². The molecule has 0 aliphatic rings. The normalized spacial score (nSPS) is 10.1. The Bertz CT molecular complexity index is 765. The van der Waals surface area contributed by atoms with Crippen LogP contribution in [0, 0.1) is 10.1 Å². The molecule has 25 heavy (non-hydrogen) atoms. The van der Waals surface area contributed by atoms with Gasteiger partial charge in [0.25, 0.3) is 11.6 Å². The smallest absolute Gasteiger partial charge is 0.282 e. The van der Waals surface area contributed by atoms with E-state index in [1.807, 2.05) is 42.2 Å². The average molecular weight is 357 g/mol. The van der Waals surface area contributed by atoms with Crippen LogP contribution in [0.2, 0.25) is 0 Å². The molecular formula is C18H19N3O3S. The summed E-state index contributed by atoms with van der Waals surface area (Å²) < 4.78 is 0. The van der Waals surface area contributed by atoms with Crippen LogP contribution >= 0.6 is 12.2 Å². The molecule has 0 spiro atoms. The summed E-state index contributed by atoms with van der Waals surface area (Å²) in [6.45, 7) is 3.25. The number of nitro benzene ring substituents is 1. The molecule has 130 valence electrons. The molecule has 0 unspecified atom stereocenters. The maximum atomic E-state index is 12.4. The maximum absolute atomic E-state index is 12.4. The first kappa shape index (κ1) is 18.5. The van der Waals surface area contributed by atoms with Crippen LogP contribution in [-0.4, -0.2) is 27.4 Å². The summed E-state index contributed by atoms with van der Waals surface area (Å²) in [6, 6.07) is 15.6. The third kappa shape index (κ3) is 5.09. The molecule has 2 rings (SSSR count). The van der Waals surface area contributed by atoms with Gasteiger partial charge in [-0.1, -0.05) is 49.4 Å². The number of carbonyl (C=O) groups is 1. The first-order valence-corrected chi connectivity index (χ1v) is 8.31. The molecule has 1 N–H and O–H groups in total. The average Bonchev–Trinajstić information content (AvgIpc) is 2.62. The number of nitrogens with one attached hydrogen (secondary N) is 1. The maximum Gasteiger partial charge on any atom is 0.282 e. The van der Waals surface area contributed by atoms with Crippen LogP contribution in [0.1, 0.15) is 29.3 Å². The summed E-state index contributed by atoms with van der Waals surface area (Å²) in [6.07, 6.45) is 0.855. The molecule has 6 nitrogen and oxygen atoms in total. The minimum atomic E-state index is -0.578. The van der Waals surface area contributed by atoms with Gasteiger partial charge in [-0.05, 0) is 30.3 Å². The monoisotopic (exact) mass is 357 g/mol. The highest BCUT2D eigenvalue weighted by Crippen LogP contribution is 2.17. The predicted molar refractivity (Wildman–Crippen MR) is 100 cm³/mol. The van der Waals surface area contributed by atoms with Crippen molar-refractivity contribution in [3.05, 3.63) is 75.8 Å². The number of para-hydroxylation sites is 1. The lowest BCUT2D eigenvalue weighted by molar-refractivity contribution is -0.385. The second-order valence-electron chi connectivity index (χ2n) is 5.44. The third-order valence-corrected chi connectivity index (χ3v) is 3.92. The number of benzene rings is 2. The molecule has 1 amide bonds. The van der Waals surface area contributed by atoms with Crippen LogP contribution in [0.25, 0.3) is 0 Å². The summed E-state index contributed by atoms with van der Waals surface area (Å²) in [5, 5.41) is 13.9. The zero-order valence-corrected chi connectivity index (χ0v) is 14.7. The van der Waals surface area contributed by atoms with Crippen molar-refractivity contribution < 1.29 is 9.72 Å². The van der Waals surface area contributed by atoms with E-state index in [2.05, 4.69) is 5.32 Å². The Labute approximate surface area is 151 Å². The Morgan fingerprint density at radius 3 is 2.44 bits per heavy atom. The van der Waals surface area contributed by atoms with Gasteiger partial charge in [-0.3, -0.25) is 20.2 Å². The highest BCUT2D eigenvalue weighted by Gasteiger charge is 2.21. The van der Waals surface area contributed by atoms with Gasteiger partial charge in [-0.2, -0.15) is 0 Å². The van der Waals surface area contributed by atoms with Gasteiger partial charge >= 0.3 is 0 Å². The number of nitrogens with zero attached hydrogens (tertiary/aromatic N) is 2. The lowest BCUT2D eigenvalue weighted by Crippen LogP contribution is -2.42. The Kier molecular flexibility index (Phi) is 6.59. The van der Waals surface area contributed by atoms with Gasteiger partial charge in [0, 0.05) is 19.2 Å². The molecule has 0 aliphatic carbocycles. The van der Waals surface area contributed by atoms with E-state index in [0.29, 0.717) is 13.1 Å². The largest absolute Gasteiger partial charge is 0.345 e. The first-order valence-electron chi connectivity index (χ1n) is 7.90. The lowest BCUT2D eigenvalue weighted by atomic mass is 10.1. The van der Waals surface area contributed by atoms with Crippen molar-refractivity contribution in [3.63, 3.8) is 0 Å². The molecule has 0 saturated heterocycles. The minimum Gasteiger partial charge on any atom is -0.345 e. The molecule has 0 aliphatic heterocycles. The van der Waals surface area contributed by atoms with E-state index in [1.54, 1.807) is 6.07 Å². The third-order valence-electron chi connectivity index (χ3n) is 3.56. The highest BCUT2D eigenvalue weighted by atomic mass is 32.1. The van der Waals surface area contributed by atoms with Crippen molar-refractivity contribution in [2.45, 2.75) is 19.9 Å². The summed E-state index contributed by atoms with van der Waals surface area (Å²) in [5.74, 6) is -0.577.